The van der Waals surface area contributed by atoms with E-state index in [-0.39, 0.29) is 5.82 Å². The molecule has 0 spiro atoms. The number of fused-ring (bicyclic) bond motifs is 2. The lowest BCUT2D eigenvalue weighted by atomic mass is 9.94. The van der Waals surface area contributed by atoms with Gasteiger partial charge < -0.3 is 4.74 Å². The summed E-state index contributed by atoms with van der Waals surface area (Å²) in [5.41, 5.74) is 5.48. The van der Waals surface area contributed by atoms with Gasteiger partial charge in [-0.3, -0.25) is 9.91 Å². The third kappa shape index (κ3) is 4.59. The first-order chi connectivity index (χ1) is 17.7. The maximum Gasteiger partial charge on any atom is 0.123 e. The molecule has 0 radical (unpaired) electrons. The van der Waals surface area contributed by atoms with E-state index < -0.39 is 0 Å². The molecule has 1 saturated heterocycles. The minimum absolute atomic E-state index is 0.235. The molecule has 2 aliphatic rings. The summed E-state index contributed by atoms with van der Waals surface area (Å²) in [6.07, 6.45) is 2.13. The zero-order valence-electron chi connectivity index (χ0n) is 20.5. The zero-order chi connectivity index (χ0) is 24.5. The molecule has 4 nitrogen and oxygen atoms in total. The molecule has 4 aromatic rings. The fraction of sp³-hybridized carbons (Fsp3) is 0.258. The minimum Gasteiger partial charge on any atom is -0.497 e. The minimum atomic E-state index is -0.235. The van der Waals surface area contributed by atoms with Crippen LogP contribution in [0.4, 0.5) is 4.39 Å². The highest BCUT2D eigenvalue weighted by Crippen LogP contribution is 2.30. The van der Waals surface area contributed by atoms with Crippen molar-refractivity contribution < 1.29 is 9.13 Å². The first-order valence-electron chi connectivity index (χ1n) is 12.6. The number of ether oxygens (including phenoxy) is 1. The van der Waals surface area contributed by atoms with Crippen LogP contribution in [0.2, 0.25) is 0 Å². The highest BCUT2D eigenvalue weighted by atomic mass is 19.1. The number of hydrogen-bond donors (Lipinski definition) is 0. The Kier molecular flexibility index (Phi) is 6.16. The van der Waals surface area contributed by atoms with Crippen LogP contribution in [0.25, 0.3) is 10.8 Å². The Morgan fingerprint density at radius 1 is 0.889 bits per heavy atom. The summed E-state index contributed by atoms with van der Waals surface area (Å²) in [7, 11) is 1.70. The molecule has 0 aromatic heterocycles. The molecule has 2 aliphatic heterocycles. The fourth-order valence-corrected chi connectivity index (χ4v) is 5.45. The topological polar surface area (TPSA) is 28.1 Å². The molecule has 1 fully saturated rings. The van der Waals surface area contributed by atoms with Crippen molar-refractivity contribution in [2.75, 3.05) is 20.2 Å². The number of likely N-dealkylation sites (tertiary alicyclic amines) is 1. The van der Waals surface area contributed by atoms with Gasteiger partial charge in [0.15, 0.2) is 0 Å². The Bertz CT molecular complexity index is 1410. The van der Waals surface area contributed by atoms with Crippen molar-refractivity contribution in [2.45, 2.75) is 32.0 Å². The van der Waals surface area contributed by atoms with Gasteiger partial charge in [-0.15, -0.1) is 0 Å². The van der Waals surface area contributed by atoms with E-state index in [0.717, 1.165) is 61.6 Å². The first-order valence-corrected chi connectivity index (χ1v) is 12.6. The molecule has 5 heteroatoms. The van der Waals surface area contributed by atoms with Gasteiger partial charge in [0.25, 0.3) is 0 Å². The monoisotopic (exact) mass is 479 g/mol. The average molecular weight is 480 g/mol. The highest BCUT2D eigenvalue weighted by molar-refractivity contribution is 6.14. The number of hydrazone groups is 1. The third-order valence-electron chi connectivity index (χ3n) is 7.44. The van der Waals surface area contributed by atoms with Gasteiger partial charge in [0, 0.05) is 36.8 Å². The van der Waals surface area contributed by atoms with Crippen molar-refractivity contribution in [2.24, 2.45) is 5.10 Å². The van der Waals surface area contributed by atoms with E-state index >= 15 is 0 Å². The molecule has 0 amide bonds. The number of piperidine rings is 1. The summed E-state index contributed by atoms with van der Waals surface area (Å²) in [4.78, 5) is 2.55. The molecular formula is C31H30FN3O. The van der Waals surface area contributed by atoms with Crippen LogP contribution >= 0.6 is 0 Å². The highest BCUT2D eigenvalue weighted by Gasteiger charge is 2.29. The number of benzene rings is 4. The summed E-state index contributed by atoms with van der Waals surface area (Å²) >= 11 is 0. The van der Waals surface area contributed by atoms with Gasteiger partial charge in [-0.25, -0.2) is 4.39 Å². The molecule has 0 atom stereocenters. The lowest BCUT2D eigenvalue weighted by Gasteiger charge is -2.39. The summed E-state index contributed by atoms with van der Waals surface area (Å²) in [6, 6.07) is 28.5. The van der Waals surface area contributed by atoms with Crippen molar-refractivity contribution in [3.63, 3.8) is 0 Å². The molecular weight excluding hydrogens is 449 g/mol. The number of halogens is 1. The molecule has 0 bridgehead atoms. The van der Waals surface area contributed by atoms with Crippen LogP contribution in [-0.2, 0) is 13.1 Å². The summed E-state index contributed by atoms with van der Waals surface area (Å²) in [6.45, 7) is 3.81. The Hall–Kier alpha value is -3.70. The van der Waals surface area contributed by atoms with E-state index in [1.807, 2.05) is 18.2 Å². The van der Waals surface area contributed by atoms with Crippen LogP contribution in [0.15, 0.2) is 90.0 Å². The third-order valence-corrected chi connectivity index (χ3v) is 7.44. The van der Waals surface area contributed by atoms with Crippen molar-refractivity contribution in [1.29, 1.82) is 0 Å². The van der Waals surface area contributed by atoms with Gasteiger partial charge in [0.2, 0.25) is 0 Å². The van der Waals surface area contributed by atoms with Gasteiger partial charge in [0.05, 0.1) is 19.4 Å². The molecule has 182 valence electrons. The van der Waals surface area contributed by atoms with Gasteiger partial charge >= 0.3 is 0 Å². The molecule has 2 heterocycles. The smallest absolute Gasteiger partial charge is 0.123 e. The van der Waals surface area contributed by atoms with Crippen molar-refractivity contribution >= 4 is 16.5 Å². The second kappa shape index (κ2) is 9.75. The van der Waals surface area contributed by atoms with Gasteiger partial charge in [-0.05, 0) is 83.3 Å². The standard InChI is InChI=1S/C31H30FN3O/c1-36-29-12-13-30-26(19-29)21-35(33-31(30)24-8-10-27(32)11-9-24)28-14-16-34(17-15-28)20-22-6-7-23-4-2-3-5-25(23)18-22/h2-13,18-19,28H,14-17,20-21H2,1H3. The van der Waals surface area contributed by atoms with E-state index in [1.165, 1.54) is 34.0 Å². The molecule has 0 aliphatic carbocycles. The lowest BCUT2D eigenvalue weighted by Crippen LogP contribution is -2.44. The largest absolute Gasteiger partial charge is 0.497 e. The van der Waals surface area contributed by atoms with Gasteiger partial charge in [0.1, 0.15) is 11.6 Å². The van der Waals surface area contributed by atoms with Crippen LogP contribution in [0.3, 0.4) is 0 Å². The van der Waals surface area contributed by atoms with Crippen LogP contribution in [-0.4, -0.2) is 41.9 Å². The maximum absolute atomic E-state index is 13.6. The van der Waals surface area contributed by atoms with E-state index in [4.69, 9.17) is 9.84 Å². The summed E-state index contributed by atoms with van der Waals surface area (Å²) in [5.74, 6) is 0.611. The summed E-state index contributed by atoms with van der Waals surface area (Å²) < 4.78 is 19.1. The number of methoxy groups -OCH3 is 1. The van der Waals surface area contributed by atoms with E-state index in [0.29, 0.717) is 6.04 Å². The van der Waals surface area contributed by atoms with Gasteiger partial charge in [-0.2, -0.15) is 5.10 Å². The van der Waals surface area contributed by atoms with Crippen LogP contribution in [0.1, 0.15) is 35.1 Å². The number of nitrogens with zero attached hydrogens (tertiary/aromatic N) is 3. The first kappa shape index (κ1) is 22.7. The van der Waals surface area contributed by atoms with Crippen LogP contribution in [0.5, 0.6) is 5.75 Å². The van der Waals surface area contributed by atoms with Crippen LogP contribution in [0, 0.1) is 5.82 Å². The van der Waals surface area contributed by atoms with Gasteiger partial charge in [-0.1, -0.05) is 36.4 Å². The van der Waals surface area contributed by atoms with E-state index in [9.17, 15) is 4.39 Å². The lowest BCUT2D eigenvalue weighted by molar-refractivity contribution is 0.100. The Morgan fingerprint density at radius 2 is 1.67 bits per heavy atom. The normalized spacial score (nSPS) is 16.6. The van der Waals surface area contributed by atoms with E-state index in [1.54, 1.807) is 7.11 Å². The predicted octanol–water partition coefficient (Wildman–Crippen LogP) is 6.22. The Morgan fingerprint density at radius 3 is 2.44 bits per heavy atom. The molecule has 0 unspecified atom stereocenters. The molecule has 0 N–H and O–H groups in total. The molecule has 0 saturated carbocycles. The summed E-state index contributed by atoms with van der Waals surface area (Å²) in [5, 5.41) is 9.95. The quantitative estimate of drug-likeness (QED) is 0.340. The second-order valence-electron chi connectivity index (χ2n) is 9.76. The van der Waals surface area contributed by atoms with Crippen molar-refractivity contribution in [3.05, 3.63) is 113 Å². The SMILES string of the molecule is COc1ccc2c(c1)CN(C1CCN(Cc3ccc4ccccc4c3)CC1)N=C2c1ccc(F)cc1. The fourth-order valence-electron chi connectivity index (χ4n) is 5.45. The number of hydrogen-bond acceptors (Lipinski definition) is 4. The number of rotatable bonds is 5. The van der Waals surface area contributed by atoms with Crippen molar-refractivity contribution in [1.82, 2.24) is 9.91 Å². The molecule has 4 aromatic carbocycles. The Labute approximate surface area is 211 Å². The maximum atomic E-state index is 13.6. The zero-order valence-corrected chi connectivity index (χ0v) is 20.5. The molecule has 36 heavy (non-hydrogen) atoms. The second-order valence-corrected chi connectivity index (χ2v) is 9.76. The molecule has 6 rings (SSSR count). The van der Waals surface area contributed by atoms with Crippen molar-refractivity contribution in [3.8, 4) is 5.75 Å². The predicted molar refractivity (Wildman–Crippen MR) is 143 cm³/mol. The average Bonchev–Trinajstić information content (AvgIpc) is 2.93. The van der Waals surface area contributed by atoms with Crippen LogP contribution < -0.4 is 4.74 Å². The Balaban J connectivity index is 1.19. The van der Waals surface area contributed by atoms with E-state index in [2.05, 4.69) is 64.5 Å².